The van der Waals surface area contributed by atoms with Crippen molar-refractivity contribution in [3.8, 4) is 0 Å². The molecule has 9 nitrogen and oxygen atoms in total. The normalized spacial score (nSPS) is 17.5. The van der Waals surface area contributed by atoms with Gasteiger partial charge in [-0.3, -0.25) is 9.59 Å². The summed E-state index contributed by atoms with van der Waals surface area (Å²) in [7, 11) is 0. The smallest absolute Gasteiger partial charge is 0.328 e. The fourth-order valence-electron chi connectivity index (χ4n) is 1.67. The number of aliphatic hydroxyl groups excluding tert-OH is 2. The van der Waals surface area contributed by atoms with Gasteiger partial charge in [-0.2, -0.15) is 11.8 Å². The second kappa shape index (κ2) is 10.4. The van der Waals surface area contributed by atoms with Gasteiger partial charge in [-0.1, -0.05) is 0 Å². The highest BCUT2D eigenvalue weighted by atomic mass is 32.2. The number of amides is 2. The molecule has 0 rings (SSSR count). The Morgan fingerprint density at radius 1 is 1.04 bits per heavy atom. The van der Waals surface area contributed by atoms with E-state index in [0.717, 1.165) is 0 Å². The first-order chi connectivity index (χ1) is 10.6. The summed E-state index contributed by atoms with van der Waals surface area (Å²) in [6.45, 7) is 2.48. The lowest BCUT2D eigenvalue weighted by molar-refractivity contribution is -0.145. The second-order valence-corrected chi connectivity index (χ2v) is 6.17. The van der Waals surface area contributed by atoms with E-state index in [1.54, 1.807) is 0 Å². The molecule has 2 amide bonds. The Morgan fingerprint density at radius 2 is 1.52 bits per heavy atom. The van der Waals surface area contributed by atoms with Crippen LogP contribution in [0.15, 0.2) is 0 Å². The standard InChI is InChI=1S/C13H25N3O6S/c1-6(17)9(15-11(19)8(14)4-5-23-3)12(20)16-10(7(2)18)13(21)22/h6-10,17-18H,4-5,14H2,1-3H3,(H,15,19)(H,16,20)(H,21,22). The van der Waals surface area contributed by atoms with E-state index in [4.69, 9.17) is 10.8 Å². The third-order valence-electron chi connectivity index (χ3n) is 3.08. The van der Waals surface area contributed by atoms with Crippen molar-refractivity contribution in [2.24, 2.45) is 5.73 Å². The number of nitrogens with two attached hydrogens (primary N) is 1. The van der Waals surface area contributed by atoms with Gasteiger partial charge in [-0.25, -0.2) is 4.79 Å². The van der Waals surface area contributed by atoms with Gasteiger partial charge in [0.25, 0.3) is 0 Å². The molecule has 0 spiro atoms. The topological polar surface area (TPSA) is 162 Å². The van der Waals surface area contributed by atoms with E-state index in [-0.39, 0.29) is 0 Å². The van der Waals surface area contributed by atoms with Crippen LogP contribution >= 0.6 is 11.8 Å². The lowest BCUT2D eigenvalue weighted by Crippen LogP contribution is -2.59. The van der Waals surface area contributed by atoms with Crippen LogP contribution in [0.3, 0.4) is 0 Å². The van der Waals surface area contributed by atoms with Crippen LogP contribution in [0.2, 0.25) is 0 Å². The zero-order valence-corrected chi connectivity index (χ0v) is 14.2. The predicted molar refractivity (Wildman–Crippen MR) is 85.8 cm³/mol. The van der Waals surface area contributed by atoms with Crippen molar-refractivity contribution in [2.45, 2.75) is 50.6 Å². The van der Waals surface area contributed by atoms with E-state index < -0.39 is 48.1 Å². The minimum absolute atomic E-state index is 0.395. The summed E-state index contributed by atoms with van der Waals surface area (Å²) in [5.41, 5.74) is 5.68. The zero-order valence-electron chi connectivity index (χ0n) is 13.4. The summed E-state index contributed by atoms with van der Waals surface area (Å²) < 4.78 is 0. The molecule has 0 aromatic heterocycles. The molecule has 0 fully saturated rings. The molecule has 0 heterocycles. The number of hydrogen-bond donors (Lipinski definition) is 6. The van der Waals surface area contributed by atoms with E-state index >= 15 is 0 Å². The molecule has 0 aliphatic rings. The molecule has 23 heavy (non-hydrogen) atoms. The summed E-state index contributed by atoms with van der Waals surface area (Å²) >= 11 is 1.51. The maximum absolute atomic E-state index is 12.1. The molecule has 0 radical (unpaired) electrons. The second-order valence-electron chi connectivity index (χ2n) is 5.18. The van der Waals surface area contributed by atoms with Crippen LogP contribution < -0.4 is 16.4 Å². The minimum atomic E-state index is -1.55. The maximum Gasteiger partial charge on any atom is 0.328 e. The molecule has 0 bridgehead atoms. The zero-order chi connectivity index (χ0) is 18.2. The number of carboxylic acids is 1. The molecule has 0 aromatic rings. The van der Waals surface area contributed by atoms with E-state index in [2.05, 4.69) is 10.6 Å². The van der Waals surface area contributed by atoms with Gasteiger partial charge in [0.05, 0.1) is 18.2 Å². The number of rotatable bonds is 10. The van der Waals surface area contributed by atoms with Gasteiger partial charge in [0.15, 0.2) is 6.04 Å². The molecule has 0 saturated carbocycles. The summed E-state index contributed by atoms with van der Waals surface area (Å²) in [5.74, 6) is -2.31. The quantitative estimate of drug-likeness (QED) is 0.260. The molecule has 0 aliphatic carbocycles. The highest BCUT2D eigenvalue weighted by Gasteiger charge is 2.32. The molecule has 0 aromatic carbocycles. The number of aliphatic hydroxyl groups is 2. The average molecular weight is 351 g/mol. The monoisotopic (exact) mass is 351 g/mol. The maximum atomic E-state index is 12.1. The van der Waals surface area contributed by atoms with Gasteiger partial charge < -0.3 is 31.7 Å². The molecule has 5 atom stereocenters. The van der Waals surface area contributed by atoms with Gasteiger partial charge in [-0.05, 0) is 32.3 Å². The minimum Gasteiger partial charge on any atom is -0.480 e. The van der Waals surface area contributed by atoms with Crippen LogP contribution in [0.1, 0.15) is 20.3 Å². The van der Waals surface area contributed by atoms with E-state index in [1.807, 2.05) is 6.26 Å². The van der Waals surface area contributed by atoms with Crippen LogP contribution in [-0.4, -0.2) is 75.4 Å². The Kier molecular flexibility index (Phi) is 9.80. The first-order valence-corrected chi connectivity index (χ1v) is 8.45. The van der Waals surface area contributed by atoms with Crippen molar-refractivity contribution in [1.29, 1.82) is 0 Å². The van der Waals surface area contributed by atoms with Crippen molar-refractivity contribution < 1.29 is 29.7 Å². The van der Waals surface area contributed by atoms with Crippen LogP contribution in [0.25, 0.3) is 0 Å². The molecular formula is C13H25N3O6S. The molecular weight excluding hydrogens is 326 g/mol. The lowest BCUT2D eigenvalue weighted by Gasteiger charge is -2.25. The van der Waals surface area contributed by atoms with Crippen LogP contribution in [0.4, 0.5) is 0 Å². The largest absolute Gasteiger partial charge is 0.480 e. The number of nitrogens with one attached hydrogen (secondary N) is 2. The fraction of sp³-hybridized carbons (Fsp3) is 0.769. The van der Waals surface area contributed by atoms with Crippen molar-refractivity contribution in [1.82, 2.24) is 10.6 Å². The van der Waals surface area contributed by atoms with Crippen LogP contribution in [0, 0.1) is 0 Å². The Bertz CT molecular complexity index is 419. The van der Waals surface area contributed by atoms with E-state index in [0.29, 0.717) is 12.2 Å². The molecule has 10 heteroatoms. The summed E-state index contributed by atoms with van der Waals surface area (Å²) in [4.78, 5) is 35.0. The van der Waals surface area contributed by atoms with Crippen molar-refractivity contribution in [3.63, 3.8) is 0 Å². The van der Waals surface area contributed by atoms with Crippen LogP contribution in [-0.2, 0) is 14.4 Å². The number of carbonyl (C=O) groups excluding carboxylic acids is 2. The highest BCUT2D eigenvalue weighted by molar-refractivity contribution is 7.98. The average Bonchev–Trinajstić information content (AvgIpc) is 2.45. The van der Waals surface area contributed by atoms with Gasteiger partial charge in [0.1, 0.15) is 6.04 Å². The summed E-state index contributed by atoms with van der Waals surface area (Å²) in [5, 5.41) is 32.3. The third-order valence-corrected chi connectivity index (χ3v) is 3.72. The number of carbonyl (C=O) groups is 3. The first kappa shape index (κ1) is 21.6. The van der Waals surface area contributed by atoms with E-state index in [1.165, 1.54) is 25.6 Å². The van der Waals surface area contributed by atoms with Gasteiger partial charge in [0, 0.05) is 0 Å². The Morgan fingerprint density at radius 3 is 1.91 bits per heavy atom. The first-order valence-electron chi connectivity index (χ1n) is 7.06. The summed E-state index contributed by atoms with van der Waals surface area (Å²) in [6.07, 6.45) is -0.355. The van der Waals surface area contributed by atoms with Crippen molar-refractivity contribution in [2.75, 3.05) is 12.0 Å². The molecule has 5 unspecified atom stereocenters. The number of aliphatic carboxylic acids is 1. The fourth-order valence-corrected chi connectivity index (χ4v) is 2.16. The molecule has 0 aliphatic heterocycles. The Balaban J connectivity index is 4.87. The van der Waals surface area contributed by atoms with Gasteiger partial charge in [-0.15, -0.1) is 0 Å². The number of carboxylic acid groups (broad SMARTS) is 1. The van der Waals surface area contributed by atoms with Crippen molar-refractivity contribution >= 4 is 29.5 Å². The van der Waals surface area contributed by atoms with Gasteiger partial charge >= 0.3 is 5.97 Å². The van der Waals surface area contributed by atoms with Gasteiger partial charge in [0.2, 0.25) is 11.8 Å². The Hall–Kier alpha value is -1.36. The third kappa shape index (κ3) is 7.64. The van der Waals surface area contributed by atoms with E-state index in [9.17, 15) is 24.6 Å². The summed E-state index contributed by atoms with van der Waals surface area (Å²) in [6, 6.07) is -3.77. The predicted octanol–water partition coefficient (Wildman–Crippen LogP) is -2.12. The Labute approximate surface area is 139 Å². The SMILES string of the molecule is CSCCC(N)C(=O)NC(C(=O)NC(C(=O)O)C(C)O)C(C)O. The number of hydrogen-bond acceptors (Lipinski definition) is 7. The van der Waals surface area contributed by atoms with Crippen LogP contribution in [0.5, 0.6) is 0 Å². The molecule has 7 N–H and O–H groups in total. The van der Waals surface area contributed by atoms with Crippen molar-refractivity contribution in [3.05, 3.63) is 0 Å². The highest BCUT2D eigenvalue weighted by Crippen LogP contribution is 2.02. The molecule has 134 valence electrons. The lowest BCUT2D eigenvalue weighted by atomic mass is 10.1. The molecule has 0 saturated heterocycles. The number of thioether (sulfide) groups is 1.